The van der Waals surface area contributed by atoms with E-state index in [0.29, 0.717) is 6.42 Å². The maximum Gasteiger partial charge on any atom is 0.276 e. The second-order valence-electron chi connectivity index (χ2n) is 3.28. The first-order chi connectivity index (χ1) is 5.83. The third-order valence-electron chi connectivity index (χ3n) is 1.70. The molecular weight excluding hydrogens is 192 g/mol. The van der Waals surface area contributed by atoms with Crippen molar-refractivity contribution in [3.05, 3.63) is 0 Å². The molecule has 0 spiro atoms. The van der Waals surface area contributed by atoms with Crippen LogP contribution in [-0.2, 0) is 10.2 Å². The van der Waals surface area contributed by atoms with Crippen molar-refractivity contribution in [1.29, 1.82) is 0 Å². The van der Waals surface area contributed by atoms with E-state index < -0.39 is 15.8 Å². The van der Waals surface area contributed by atoms with E-state index in [1.54, 1.807) is 6.92 Å². The molecule has 0 aliphatic heterocycles. The topological polar surface area (TPSA) is 78.4 Å². The largest absolute Gasteiger partial charge is 0.389 e. The Morgan fingerprint density at radius 3 is 2.38 bits per heavy atom. The fraction of sp³-hybridized carbons (Fsp3) is 1.00. The molecule has 0 aromatic carbocycles. The smallest absolute Gasteiger partial charge is 0.276 e. The Labute approximate surface area is 79.7 Å². The van der Waals surface area contributed by atoms with Crippen LogP contribution in [0.3, 0.4) is 0 Å². The molecule has 0 aromatic heterocycles. The van der Waals surface area contributed by atoms with E-state index in [-0.39, 0.29) is 6.54 Å². The van der Waals surface area contributed by atoms with Gasteiger partial charge in [-0.05, 0) is 13.3 Å². The summed E-state index contributed by atoms with van der Waals surface area (Å²) in [5.41, 5.74) is -0.974. The summed E-state index contributed by atoms with van der Waals surface area (Å²) in [5, 5.41) is 9.62. The van der Waals surface area contributed by atoms with Gasteiger partial charge < -0.3 is 5.11 Å². The SMILES string of the molecule is CCCC(C)(O)CNS(=O)(=O)NC. The zero-order valence-corrected chi connectivity index (χ0v) is 9.11. The first kappa shape index (κ1) is 12.8. The van der Waals surface area contributed by atoms with E-state index in [9.17, 15) is 13.5 Å². The van der Waals surface area contributed by atoms with Crippen LogP contribution in [0.25, 0.3) is 0 Å². The van der Waals surface area contributed by atoms with E-state index in [1.165, 1.54) is 7.05 Å². The van der Waals surface area contributed by atoms with Crippen LogP contribution in [0.1, 0.15) is 26.7 Å². The molecule has 0 rings (SSSR count). The zero-order valence-electron chi connectivity index (χ0n) is 8.29. The van der Waals surface area contributed by atoms with Gasteiger partial charge in [-0.25, -0.2) is 4.72 Å². The van der Waals surface area contributed by atoms with E-state index in [0.717, 1.165) is 6.42 Å². The van der Waals surface area contributed by atoms with Gasteiger partial charge in [0.05, 0.1) is 5.60 Å². The van der Waals surface area contributed by atoms with Crippen LogP contribution < -0.4 is 9.44 Å². The highest BCUT2D eigenvalue weighted by Gasteiger charge is 2.21. The van der Waals surface area contributed by atoms with Crippen molar-refractivity contribution in [1.82, 2.24) is 9.44 Å². The highest BCUT2D eigenvalue weighted by atomic mass is 32.2. The van der Waals surface area contributed by atoms with Crippen LogP contribution in [-0.4, -0.2) is 32.7 Å². The zero-order chi connectivity index (χ0) is 10.5. The molecular formula is C7H18N2O3S. The van der Waals surface area contributed by atoms with Gasteiger partial charge in [-0.15, -0.1) is 0 Å². The molecule has 13 heavy (non-hydrogen) atoms. The van der Waals surface area contributed by atoms with Crippen LogP contribution in [0.5, 0.6) is 0 Å². The number of aliphatic hydroxyl groups is 1. The lowest BCUT2D eigenvalue weighted by atomic mass is 10.0. The monoisotopic (exact) mass is 210 g/mol. The van der Waals surface area contributed by atoms with Crippen molar-refractivity contribution in [2.24, 2.45) is 0 Å². The van der Waals surface area contributed by atoms with Gasteiger partial charge in [-0.3, -0.25) is 0 Å². The third-order valence-corrected chi connectivity index (χ3v) is 2.76. The minimum atomic E-state index is -3.43. The van der Waals surface area contributed by atoms with Gasteiger partial charge in [0.2, 0.25) is 0 Å². The molecule has 3 N–H and O–H groups in total. The minimum Gasteiger partial charge on any atom is -0.389 e. The van der Waals surface area contributed by atoms with Crippen LogP contribution >= 0.6 is 0 Å². The van der Waals surface area contributed by atoms with Crippen molar-refractivity contribution in [3.8, 4) is 0 Å². The third kappa shape index (κ3) is 5.98. The summed E-state index contributed by atoms with van der Waals surface area (Å²) >= 11 is 0. The average Bonchev–Trinajstić information content (AvgIpc) is 2.02. The molecule has 0 radical (unpaired) electrons. The van der Waals surface area contributed by atoms with E-state index in [4.69, 9.17) is 0 Å². The van der Waals surface area contributed by atoms with Crippen molar-refractivity contribution in [2.75, 3.05) is 13.6 Å². The Morgan fingerprint density at radius 1 is 1.46 bits per heavy atom. The molecule has 0 heterocycles. The van der Waals surface area contributed by atoms with Crippen LogP contribution in [0.4, 0.5) is 0 Å². The average molecular weight is 210 g/mol. The molecule has 1 unspecified atom stereocenters. The molecule has 80 valence electrons. The number of hydrogen-bond donors (Lipinski definition) is 3. The lowest BCUT2D eigenvalue weighted by Crippen LogP contribution is -2.44. The maximum atomic E-state index is 10.9. The lowest BCUT2D eigenvalue weighted by Gasteiger charge is -2.22. The Bertz CT molecular complexity index is 236. The molecule has 0 fully saturated rings. The van der Waals surface area contributed by atoms with Crippen LogP contribution in [0, 0.1) is 0 Å². The van der Waals surface area contributed by atoms with Gasteiger partial charge in [0.25, 0.3) is 10.2 Å². The molecule has 0 aliphatic rings. The summed E-state index contributed by atoms with van der Waals surface area (Å²) in [5.74, 6) is 0. The second-order valence-corrected chi connectivity index (χ2v) is 4.98. The molecule has 0 aliphatic carbocycles. The van der Waals surface area contributed by atoms with Gasteiger partial charge in [0, 0.05) is 13.6 Å². The summed E-state index contributed by atoms with van der Waals surface area (Å²) in [6, 6.07) is 0. The molecule has 0 bridgehead atoms. The fourth-order valence-electron chi connectivity index (χ4n) is 0.950. The normalized spacial score (nSPS) is 16.9. The fourth-order valence-corrected chi connectivity index (χ4v) is 1.59. The standard InChI is InChI=1S/C7H18N2O3S/c1-4-5-7(2,10)6-9-13(11,12)8-3/h8-10H,4-6H2,1-3H3. The van der Waals surface area contributed by atoms with E-state index in [2.05, 4.69) is 9.44 Å². The highest BCUT2D eigenvalue weighted by molar-refractivity contribution is 7.87. The predicted molar refractivity (Wildman–Crippen MR) is 51.5 cm³/mol. The van der Waals surface area contributed by atoms with Crippen molar-refractivity contribution in [2.45, 2.75) is 32.3 Å². The highest BCUT2D eigenvalue weighted by Crippen LogP contribution is 2.09. The van der Waals surface area contributed by atoms with Crippen LogP contribution in [0.15, 0.2) is 0 Å². The second kappa shape index (κ2) is 4.90. The van der Waals surface area contributed by atoms with Gasteiger partial charge in [0.15, 0.2) is 0 Å². The first-order valence-electron chi connectivity index (χ1n) is 4.23. The molecule has 0 aromatic rings. The molecule has 0 saturated heterocycles. The van der Waals surface area contributed by atoms with Gasteiger partial charge >= 0.3 is 0 Å². The summed E-state index contributed by atoms with van der Waals surface area (Å²) in [7, 11) is -2.11. The Kier molecular flexibility index (Phi) is 4.83. The van der Waals surface area contributed by atoms with Gasteiger partial charge in [-0.2, -0.15) is 13.1 Å². The van der Waals surface area contributed by atoms with Gasteiger partial charge in [-0.1, -0.05) is 13.3 Å². The minimum absolute atomic E-state index is 0.0318. The van der Waals surface area contributed by atoms with Crippen molar-refractivity contribution < 1.29 is 13.5 Å². The molecule has 0 saturated carbocycles. The van der Waals surface area contributed by atoms with E-state index in [1.807, 2.05) is 6.92 Å². The Balaban J connectivity index is 4.01. The quantitative estimate of drug-likeness (QED) is 0.558. The number of hydrogen-bond acceptors (Lipinski definition) is 3. The lowest BCUT2D eigenvalue weighted by molar-refractivity contribution is 0.0554. The van der Waals surface area contributed by atoms with Crippen LogP contribution in [0.2, 0.25) is 0 Å². The Hall–Kier alpha value is -0.170. The van der Waals surface area contributed by atoms with Crippen molar-refractivity contribution in [3.63, 3.8) is 0 Å². The van der Waals surface area contributed by atoms with Crippen molar-refractivity contribution >= 4 is 10.2 Å². The Morgan fingerprint density at radius 2 is 2.00 bits per heavy atom. The summed E-state index contributed by atoms with van der Waals surface area (Å²) in [6.45, 7) is 3.57. The summed E-state index contributed by atoms with van der Waals surface area (Å²) < 4.78 is 26.2. The maximum absolute atomic E-state index is 10.9. The molecule has 1 atom stereocenters. The molecule has 0 amide bonds. The molecule has 5 nitrogen and oxygen atoms in total. The van der Waals surface area contributed by atoms with E-state index >= 15 is 0 Å². The predicted octanol–water partition coefficient (Wildman–Crippen LogP) is -0.409. The number of rotatable bonds is 6. The first-order valence-corrected chi connectivity index (χ1v) is 5.72. The summed E-state index contributed by atoms with van der Waals surface area (Å²) in [6.07, 6.45) is 1.38. The summed E-state index contributed by atoms with van der Waals surface area (Å²) in [4.78, 5) is 0. The molecule has 6 heteroatoms. The number of nitrogens with one attached hydrogen (secondary N) is 2. The van der Waals surface area contributed by atoms with Gasteiger partial charge in [0.1, 0.15) is 0 Å².